The van der Waals surface area contributed by atoms with Gasteiger partial charge in [-0.05, 0) is 18.6 Å². The fourth-order valence-corrected chi connectivity index (χ4v) is 1.65. The number of furan rings is 1. The largest absolute Gasteiger partial charge is 0.475 e. The molecule has 17 heavy (non-hydrogen) atoms. The molecular formula is C11H13NO5. The lowest BCUT2D eigenvalue weighted by Crippen LogP contribution is -2.30. The molecule has 0 spiro atoms. The van der Waals surface area contributed by atoms with E-state index in [1.807, 2.05) is 0 Å². The van der Waals surface area contributed by atoms with Gasteiger partial charge in [0.1, 0.15) is 5.76 Å². The van der Waals surface area contributed by atoms with Crippen molar-refractivity contribution < 1.29 is 23.8 Å². The van der Waals surface area contributed by atoms with E-state index in [0.717, 1.165) is 6.42 Å². The van der Waals surface area contributed by atoms with E-state index in [1.165, 1.54) is 12.1 Å². The zero-order chi connectivity index (χ0) is 12.3. The Morgan fingerprint density at radius 1 is 1.47 bits per heavy atom. The third-order valence-electron chi connectivity index (χ3n) is 2.61. The summed E-state index contributed by atoms with van der Waals surface area (Å²) in [7, 11) is 0. The molecule has 1 unspecified atom stereocenters. The van der Waals surface area contributed by atoms with Crippen molar-refractivity contribution in [3.8, 4) is 0 Å². The van der Waals surface area contributed by atoms with Gasteiger partial charge in [0.05, 0.1) is 19.1 Å². The number of carbonyl (C=O) groups excluding carboxylic acids is 1. The lowest BCUT2D eigenvalue weighted by molar-refractivity contribution is -0.125. The van der Waals surface area contributed by atoms with E-state index in [0.29, 0.717) is 19.0 Å². The molecule has 0 radical (unpaired) electrons. The first kappa shape index (κ1) is 11.7. The van der Waals surface area contributed by atoms with Crippen LogP contribution in [0.1, 0.15) is 22.7 Å². The minimum absolute atomic E-state index is 0.0872. The SMILES string of the molecule is O=C(O)c1ccc(CNC(=O)C2CCOC2)o1. The third-order valence-corrected chi connectivity index (χ3v) is 2.61. The maximum Gasteiger partial charge on any atom is 0.371 e. The second-order valence-electron chi connectivity index (χ2n) is 3.85. The number of aromatic carboxylic acids is 1. The van der Waals surface area contributed by atoms with Crippen molar-refractivity contribution in [3.63, 3.8) is 0 Å². The molecule has 0 saturated carbocycles. The lowest BCUT2D eigenvalue weighted by Gasteiger charge is -2.07. The number of carboxylic acid groups (broad SMARTS) is 1. The first-order valence-corrected chi connectivity index (χ1v) is 5.34. The summed E-state index contributed by atoms with van der Waals surface area (Å²) in [5.74, 6) is -1.01. The van der Waals surface area contributed by atoms with E-state index >= 15 is 0 Å². The second-order valence-corrected chi connectivity index (χ2v) is 3.85. The first-order valence-electron chi connectivity index (χ1n) is 5.34. The summed E-state index contributed by atoms with van der Waals surface area (Å²) in [4.78, 5) is 22.2. The molecule has 2 heterocycles. The summed E-state index contributed by atoms with van der Waals surface area (Å²) in [6, 6.07) is 2.90. The van der Waals surface area contributed by atoms with Crippen molar-refractivity contribution in [2.45, 2.75) is 13.0 Å². The summed E-state index contributed by atoms with van der Waals surface area (Å²) in [6.07, 6.45) is 0.727. The van der Waals surface area contributed by atoms with Gasteiger partial charge in [-0.15, -0.1) is 0 Å². The smallest absolute Gasteiger partial charge is 0.371 e. The molecule has 92 valence electrons. The minimum atomic E-state index is -1.12. The molecule has 2 rings (SSSR count). The third kappa shape index (κ3) is 2.85. The summed E-state index contributed by atoms with van der Waals surface area (Å²) in [5.41, 5.74) is 0. The zero-order valence-corrected chi connectivity index (χ0v) is 9.14. The quantitative estimate of drug-likeness (QED) is 0.804. The van der Waals surface area contributed by atoms with E-state index in [2.05, 4.69) is 5.32 Å². The van der Waals surface area contributed by atoms with Crippen molar-refractivity contribution in [3.05, 3.63) is 23.7 Å². The van der Waals surface area contributed by atoms with E-state index in [4.69, 9.17) is 14.3 Å². The van der Waals surface area contributed by atoms with Crippen molar-refractivity contribution in [2.24, 2.45) is 5.92 Å². The standard InChI is InChI=1S/C11H13NO5/c13-10(7-3-4-16-6-7)12-5-8-1-2-9(17-8)11(14)15/h1-2,7H,3-6H2,(H,12,13)(H,14,15). The fourth-order valence-electron chi connectivity index (χ4n) is 1.65. The van der Waals surface area contributed by atoms with Gasteiger partial charge in [0.25, 0.3) is 0 Å². The second kappa shape index (κ2) is 5.01. The molecule has 2 N–H and O–H groups in total. The Balaban J connectivity index is 1.84. The van der Waals surface area contributed by atoms with Crippen LogP contribution in [0.2, 0.25) is 0 Å². The molecule has 0 aromatic carbocycles. The molecule has 1 aliphatic heterocycles. The van der Waals surface area contributed by atoms with Crippen LogP contribution in [0.5, 0.6) is 0 Å². The van der Waals surface area contributed by atoms with Crippen LogP contribution in [0.3, 0.4) is 0 Å². The molecule has 0 bridgehead atoms. The molecule has 0 aliphatic carbocycles. The Hall–Kier alpha value is -1.82. The average molecular weight is 239 g/mol. The van der Waals surface area contributed by atoms with Crippen LogP contribution in [0.25, 0.3) is 0 Å². The summed E-state index contributed by atoms with van der Waals surface area (Å²) in [5, 5.41) is 11.3. The van der Waals surface area contributed by atoms with E-state index < -0.39 is 5.97 Å². The number of hydrogen-bond donors (Lipinski definition) is 2. The highest BCUT2D eigenvalue weighted by molar-refractivity contribution is 5.84. The molecule has 6 nitrogen and oxygen atoms in total. The highest BCUT2D eigenvalue weighted by atomic mass is 16.5. The molecule has 1 aliphatic rings. The van der Waals surface area contributed by atoms with E-state index in [1.54, 1.807) is 0 Å². The topological polar surface area (TPSA) is 88.8 Å². The Morgan fingerprint density at radius 2 is 2.29 bits per heavy atom. The van der Waals surface area contributed by atoms with E-state index in [-0.39, 0.29) is 24.1 Å². The van der Waals surface area contributed by atoms with Crippen LogP contribution in [0, 0.1) is 5.92 Å². The van der Waals surface area contributed by atoms with Gasteiger partial charge < -0.3 is 19.6 Å². The van der Waals surface area contributed by atoms with Crippen molar-refractivity contribution in [1.82, 2.24) is 5.32 Å². The summed E-state index contributed by atoms with van der Waals surface area (Å²) < 4.78 is 10.1. The number of rotatable bonds is 4. The van der Waals surface area contributed by atoms with Gasteiger partial charge in [-0.25, -0.2) is 4.79 Å². The van der Waals surface area contributed by atoms with E-state index in [9.17, 15) is 9.59 Å². The maximum absolute atomic E-state index is 11.6. The Morgan fingerprint density at radius 3 is 2.88 bits per heavy atom. The molecular weight excluding hydrogens is 226 g/mol. The van der Waals surface area contributed by atoms with Crippen molar-refractivity contribution in [2.75, 3.05) is 13.2 Å². The van der Waals surface area contributed by atoms with Crippen LogP contribution in [0.4, 0.5) is 0 Å². The highest BCUT2D eigenvalue weighted by Crippen LogP contribution is 2.13. The van der Waals surface area contributed by atoms with Gasteiger partial charge in [-0.2, -0.15) is 0 Å². The molecule has 1 amide bonds. The van der Waals surface area contributed by atoms with Gasteiger partial charge in [0.15, 0.2) is 0 Å². The van der Waals surface area contributed by atoms with Gasteiger partial charge >= 0.3 is 5.97 Å². The van der Waals surface area contributed by atoms with Gasteiger partial charge in [-0.3, -0.25) is 4.79 Å². The van der Waals surface area contributed by atoms with Gasteiger partial charge in [0, 0.05) is 6.61 Å². The highest BCUT2D eigenvalue weighted by Gasteiger charge is 2.23. The molecule has 6 heteroatoms. The predicted octanol–water partition coefficient (Wildman–Crippen LogP) is 0.631. The van der Waals surface area contributed by atoms with Crippen molar-refractivity contribution >= 4 is 11.9 Å². The minimum Gasteiger partial charge on any atom is -0.475 e. The van der Waals surface area contributed by atoms with Crippen LogP contribution in [0.15, 0.2) is 16.5 Å². The predicted molar refractivity (Wildman–Crippen MR) is 56.4 cm³/mol. The number of ether oxygens (including phenoxy) is 1. The Labute approximate surface area is 97.6 Å². The zero-order valence-electron chi connectivity index (χ0n) is 9.14. The average Bonchev–Trinajstić information content (AvgIpc) is 2.97. The number of hydrogen-bond acceptors (Lipinski definition) is 4. The monoisotopic (exact) mass is 239 g/mol. The van der Waals surface area contributed by atoms with Crippen molar-refractivity contribution in [1.29, 1.82) is 0 Å². The molecule has 1 fully saturated rings. The van der Waals surface area contributed by atoms with Crippen LogP contribution in [-0.4, -0.2) is 30.2 Å². The number of nitrogens with one attached hydrogen (secondary N) is 1. The number of carbonyl (C=O) groups is 2. The summed E-state index contributed by atoms with van der Waals surface area (Å²) >= 11 is 0. The Bertz CT molecular complexity index is 419. The fraction of sp³-hybridized carbons (Fsp3) is 0.455. The van der Waals surface area contributed by atoms with Gasteiger partial charge in [0.2, 0.25) is 11.7 Å². The maximum atomic E-state index is 11.6. The van der Waals surface area contributed by atoms with Crippen LogP contribution >= 0.6 is 0 Å². The van der Waals surface area contributed by atoms with Crippen LogP contribution in [-0.2, 0) is 16.1 Å². The summed E-state index contributed by atoms with van der Waals surface area (Å²) in [6.45, 7) is 1.26. The first-order chi connectivity index (χ1) is 8.16. The lowest BCUT2D eigenvalue weighted by atomic mass is 10.1. The van der Waals surface area contributed by atoms with Gasteiger partial charge in [-0.1, -0.05) is 0 Å². The molecule has 1 saturated heterocycles. The normalized spacial score (nSPS) is 19.2. The molecule has 1 aromatic heterocycles. The molecule has 1 aromatic rings. The van der Waals surface area contributed by atoms with Crippen LogP contribution < -0.4 is 5.32 Å². The number of amides is 1. The molecule has 1 atom stereocenters. The Kier molecular flexibility index (Phi) is 3.43. The number of carboxylic acids is 1.